The van der Waals surface area contributed by atoms with E-state index in [1.807, 2.05) is 0 Å². The molecule has 0 saturated carbocycles. The monoisotopic (exact) mass is 245 g/mol. The van der Waals surface area contributed by atoms with Gasteiger partial charge in [-0.15, -0.1) is 9.79 Å². The molecule has 2 N–H and O–H groups in total. The van der Waals surface area contributed by atoms with Gasteiger partial charge in [-0.1, -0.05) is 5.11 Å². The molecule has 84 valence electrons. The van der Waals surface area contributed by atoms with Crippen molar-refractivity contribution in [2.75, 3.05) is 0 Å². The van der Waals surface area contributed by atoms with Gasteiger partial charge in [-0.05, 0) is 17.7 Å². The van der Waals surface area contributed by atoms with Crippen LogP contribution < -0.4 is 0 Å². The van der Waals surface area contributed by atoms with E-state index >= 15 is 0 Å². The molecule has 0 aliphatic carbocycles. The van der Waals surface area contributed by atoms with Crippen LogP contribution in [0.4, 0.5) is 11.4 Å². The van der Waals surface area contributed by atoms with Crippen molar-refractivity contribution in [1.82, 2.24) is 0 Å². The summed E-state index contributed by atoms with van der Waals surface area (Å²) in [6.45, 7) is 0. The molecule has 0 aliphatic rings. The minimum Gasteiger partial charge on any atom is -0.258 e. The molecule has 0 amide bonds. The summed E-state index contributed by atoms with van der Waals surface area (Å²) >= 11 is 0. The van der Waals surface area contributed by atoms with Gasteiger partial charge in [0.15, 0.2) is 0 Å². The van der Waals surface area contributed by atoms with Gasteiger partial charge in [0.25, 0.3) is 5.69 Å². The number of hydrogen-bond acceptors (Lipinski definition) is 4. The fourth-order valence-corrected chi connectivity index (χ4v) is 0.693. The fraction of sp³-hybridized carbons (Fsp3) is 0. The standard InChI is InChI=1S/C6H4N4O2.HO3P/c7-9-8-5-1-3-6(4-2-5)10(11)12;1-4(2)3/h1-4H;(H-,1,2,3)/p+1. The number of nitro benzene ring substituents is 1. The van der Waals surface area contributed by atoms with E-state index in [1.54, 1.807) is 0 Å². The first kappa shape index (κ1) is 13.9. The fourth-order valence-electron chi connectivity index (χ4n) is 0.693. The number of azide groups is 1. The molecule has 0 heterocycles. The van der Waals surface area contributed by atoms with Crippen LogP contribution >= 0.6 is 8.25 Å². The lowest BCUT2D eigenvalue weighted by Crippen LogP contribution is -1.85. The molecule has 9 nitrogen and oxygen atoms in total. The van der Waals surface area contributed by atoms with Gasteiger partial charge < -0.3 is 0 Å². The van der Waals surface area contributed by atoms with Gasteiger partial charge in [0.2, 0.25) is 0 Å². The lowest BCUT2D eigenvalue weighted by atomic mass is 10.3. The number of rotatable bonds is 2. The molecule has 0 radical (unpaired) electrons. The normalized spacial score (nSPS) is 8.12. The van der Waals surface area contributed by atoms with Crippen LogP contribution in [-0.2, 0) is 4.57 Å². The van der Waals surface area contributed by atoms with E-state index < -0.39 is 13.2 Å². The van der Waals surface area contributed by atoms with Crippen molar-refractivity contribution in [3.05, 3.63) is 44.8 Å². The second kappa shape index (κ2) is 7.27. The highest BCUT2D eigenvalue weighted by Gasteiger charge is 2.01. The molecule has 0 bridgehead atoms. The summed E-state index contributed by atoms with van der Waals surface area (Å²) in [5.41, 5.74) is 8.37. The third-order valence-electron chi connectivity index (χ3n) is 1.22. The minimum absolute atomic E-state index is 0.0214. The zero-order valence-corrected chi connectivity index (χ0v) is 8.56. The number of non-ortho nitro benzene ring substituents is 1. The highest BCUT2D eigenvalue weighted by atomic mass is 31.1. The number of nitro groups is 1. The number of nitrogens with zero attached hydrogens (tertiary/aromatic N) is 4. The Morgan fingerprint density at radius 3 is 2.12 bits per heavy atom. The first-order valence-electron chi connectivity index (χ1n) is 3.62. The average molecular weight is 245 g/mol. The topological polar surface area (TPSA) is 149 Å². The van der Waals surface area contributed by atoms with Crippen molar-refractivity contribution in [3.8, 4) is 0 Å². The maximum absolute atomic E-state index is 10.2. The quantitative estimate of drug-likeness (QED) is 0.204. The van der Waals surface area contributed by atoms with Crippen LogP contribution in [0.1, 0.15) is 0 Å². The Kier molecular flexibility index (Phi) is 6.34. The second-order valence-electron chi connectivity index (χ2n) is 2.22. The molecular formula is C6H6N4O5P+. The summed E-state index contributed by atoms with van der Waals surface area (Å²) in [5.74, 6) is 0. The van der Waals surface area contributed by atoms with Crippen molar-refractivity contribution >= 4 is 19.6 Å². The largest absolute Gasteiger partial charge is 0.692 e. The Labute approximate surface area is 89.7 Å². The molecule has 0 fully saturated rings. The summed E-state index contributed by atoms with van der Waals surface area (Å²) in [7, 11) is -2.87. The Morgan fingerprint density at radius 2 is 1.81 bits per heavy atom. The van der Waals surface area contributed by atoms with E-state index in [0.29, 0.717) is 5.69 Å². The predicted octanol–water partition coefficient (Wildman–Crippen LogP) is 2.17. The summed E-state index contributed by atoms with van der Waals surface area (Å²) < 4.78 is 8.70. The first-order valence-corrected chi connectivity index (χ1v) is 4.78. The van der Waals surface area contributed by atoms with Gasteiger partial charge in [0.1, 0.15) is 0 Å². The van der Waals surface area contributed by atoms with Crippen LogP contribution in [0.5, 0.6) is 0 Å². The van der Waals surface area contributed by atoms with Gasteiger partial charge in [0.05, 0.1) is 4.92 Å². The van der Waals surface area contributed by atoms with Gasteiger partial charge >= 0.3 is 8.25 Å². The van der Waals surface area contributed by atoms with Crippen LogP contribution in [0.15, 0.2) is 29.4 Å². The van der Waals surface area contributed by atoms with Gasteiger partial charge in [-0.3, -0.25) is 10.1 Å². The molecule has 0 saturated heterocycles. The molecule has 1 aromatic carbocycles. The molecule has 10 heteroatoms. The van der Waals surface area contributed by atoms with Crippen molar-refractivity contribution in [2.24, 2.45) is 5.11 Å². The molecular weight excluding hydrogens is 239 g/mol. The average Bonchev–Trinajstić information content (AvgIpc) is 2.18. The smallest absolute Gasteiger partial charge is 0.258 e. The van der Waals surface area contributed by atoms with E-state index in [0.717, 1.165) is 0 Å². The van der Waals surface area contributed by atoms with Crippen molar-refractivity contribution < 1.29 is 19.3 Å². The Balaban J connectivity index is 0.000000487. The highest BCUT2D eigenvalue weighted by Crippen LogP contribution is 2.17. The molecule has 0 aromatic heterocycles. The van der Waals surface area contributed by atoms with Crippen LogP contribution in [0.3, 0.4) is 0 Å². The van der Waals surface area contributed by atoms with Crippen molar-refractivity contribution in [1.29, 1.82) is 0 Å². The van der Waals surface area contributed by atoms with Crippen molar-refractivity contribution in [2.45, 2.75) is 0 Å². The Hall–Kier alpha value is -2.05. The highest BCUT2D eigenvalue weighted by molar-refractivity contribution is 7.30. The zero-order chi connectivity index (χ0) is 12.6. The molecule has 1 aromatic rings. The second-order valence-corrected chi connectivity index (χ2v) is 2.72. The molecule has 0 atom stereocenters. The van der Waals surface area contributed by atoms with Crippen LogP contribution in [0.25, 0.3) is 10.4 Å². The summed E-state index contributed by atoms with van der Waals surface area (Å²) in [5, 5.41) is 13.4. The van der Waals surface area contributed by atoms with Gasteiger partial charge in [0, 0.05) is 27.3 Å². The van der Waals surface area contributed by atoms with E-state index in [9.17, 15) is 10.1 Å². The Bertz CT molecular complexity index is 402. The first-order chi connectivity index (χ1) is 7.47. The molecule has 16 heavy (non-hydrogen) atoms. The summed E-state index contributed by atoms with van der Waals surface area (Å²) in [6, 6.07) is 5.34. The van der Waals surface area contributed by atoms with Gasteiger partial charge in [-0.2, -0.15) is 0 Å². The third-order valence-corrected chi connectivity index (χ3v) is 1.22. The molecule has 1 rings (SSSR count). The molecule has 0 spiro atoms. The third kappa shape index (κ3) is 6.41. The Morgan fingerprint density at radius 1 is 1.38 bits per heavy atom. The van der Waals surface area contributed by atoms with E-state index in [1.165, 1.54) is 24.3 Å². The SMILES string of the molecule is O=[P+](O)O.[N-]=[N+]=Nc1ccc([N+](=O)[O-])cc1. The molecule has 0 aliphatic heterocycles. The van der Waals surface area contributed by atoms with E-state index in [2.05, 4.69) is 10.0 Å². The number of benzene rings is 1. The molecule has 0 unspecified atom stereocenters. The maximum Gasteiger partial charge on any atom is 0.692 e. The lowest BCUT2D eigenvalue weighted by Gasteiger charge is -1.90. The minimum atomic E-state index is -2.87. The summed E-state index contributed by atoms with van der Waals surface area (Å²) in [4.78, 5) is 26.4. The predicted molar refractivity (Wildman–Crippen MR) is 53.9 cm³/mol. The van der Waals surface area contributed by atoms with Gasteiger partial charge in [-0.25, -0.2) is 0 Å². The van der Waals surface area contributed by atoms with Crippen LogP contribution in [0, 0.1) is 10.1 Å². The summed E-state index contributed by atoms with van der Waals surface area (Å²) in [6.07, 6.45) is 0. The number of hydrogen-bond donors (Lipinski definition) is 2. The van der Waals surface area contributed by atoms with E-state index in [4.69, 9.17) is 19.9 Å². The zero-order valence-electron chi connectivity index (χ0n) is 7.66. The maximum atomic E-state index is 10.2. The van der Waals surface area contributed by atoms with Crippen LogP contribution in [-0.4, -0.2) is 14.7 Å². The lowest BCUT2D eigenvalue weighted by molar-refractivity contribution is -0.384. The van der Waals surface area contributed by atoms with Crippen LogP contribution in [0.2, 0.25) is 0 Å². The van der Waals surface area contributed by atoms with Crippen molar-refractivity contribution in [3.63, 3.8) is 0 Å². The van der Waals surface area contributed by atoms with E-state index in [-0.39, 0.29) is 5.69 Å².